The number of hydrogen-bond donors (Lipinski definition) is 1. The molecule has 0 saturated carbocycles. The molecular formula is C13H14O2. The van der Waals surface area contributed by atoms with Gasteiger partial charge in [-0.05, 0) is 37.5 Å². The zero-order valence-corrected chi connectivity index (χ0v) is 8.73. The van der Waals surface area contributed by atoms with Crippen molar-refractivity contribution in [3.63, 3.8) is 0 Å². The van der Waals surface area contributed by atoms with Gasteiger partial charge in [-0.25, -0.2) is 0 Å². The molecule has 1 aromatic rings. The summed E-state index contributed by atoms with van der Waals surface area (Å²) in [5.41, 5.74) is 1.76. The number of phenols is 1. The molecular weight excluding hydrogens is 188 g/mol. The summed E-state index contributed by atoms with van der Waals surface area (Å²) in [6, 6.07) is 5.07. The molecule has 0 aliphatic heterocycles. The first-order valence-corrected chi connectivity index (χ1v) is 5.19. The largest absolute Gasteiger partial charge is 0.508 e. The number of carbonyl (C=O) groups is 1. The van der Waals surface area contributed by atoms with Gasteiger partial charge in [-0.3, -0.25) is 4.79 Å². The topological polar surface area (TPSA) is 37.3 Å². The second-order valence-corrected chi connectivity index (χ2v) is 3.91. The zero-order chi connectivity index (χ0) is 10.8. The number of aromatic hydroxyl groups is 1. The van der Waals surface area contributed by atoms with E-state index in [1.165, 1.54) is 0 Å². The van der Waals surface area contributed by atoms with Gasteiger partial charge in [0.1, 0.15) is 5.75 Å². The van der Waals surface area contributed by atoms with Crippen molar-refractivity contribution in [2.45, 2.75) is 19.8 Å². The number of Topliss-reactive ketones (excluding diaryl/α,β-unsaturated/α-hetero) is 1. The second kappa shape index (κ2) is 3.89. The van der Waals surface area contributed by atoms with E-state index in [0.29, 0.717) is 5.56 Å². The Morgan fingerprint density at radius 2 is 2.33 bits per heavy atom. The molecule has 2 heteroatoms. The van der Waals surface area contributed by atoms with E-state index in [0.717, 1.165) is 18.4 Å². The fourth-order valence-corrected chi connectivity index (χ4v) is 2.04. The number of ketones is 1. The first kappa shape index (κ1) is 9.97. The highest BCUT2D eigenvalue weighted by molar-refractivity contribution is 6.02. The van der Waals surface area contributed by atoms with Crippen LogP contribution in [0.25, 0.3) is 0 Å². The van der Waals surface area contributed by atoms with Crippen molar-refractivity contribution < 1.29 is 9.90 Å². The minimum Gasteiger partial charge on any atom is -0.508 e. The number of allylic oxidation sites excluding steroid dienone is 2. The molecule has 0 unspecified atom stereocenters. The fraction of sp³-hybridized carbons (Fsp3) is 0.308. The van der Waals surface area contributed by atoms with Gasteiger partial charge in [-0.1, -0.05) is 18.2 Å². The highest BCUT2D eigenvalue weighted by Crippen LogP contribution is 2.31. The van der Waals surface area contributed by atoms with Crippen molar-refractivity contribution in [2.24, 2.45) is 5.92 Å². The molecule has 78 valence electrons. The summed E-state index contributed by atoms with van der Waals surface area (Å²) in [5.74, 6) is 0.408. The Hall–Kier alpha value is -1.57. The third-order valence-corrected chi connectivity index (χ3v) is 2.85. The number of benzene rings is 1. The standard InChI is InChI=1S/C13H14O2/c1-2-3-4-10-7-9-5-6-11(14)8-12(9)13(10)15/h2-3,5-6,8,10,14H,4,7H2,1H3/t10-/m0/s1. The molecule has 1 N–H and O–H groups in total. The van der Waals surface area contributed by atoms with Crippen molar-refractivity contribution in [1.82, 2.24) is 0 Å². The summed E-state index contributed by atoms with van der Waals surface area (Å²) in [7, 11) is 0. The first-order valence-electron chi connectivity index (χ1n) is 5.19. The molecule has 0 spiro atoms. The minimum absolute atomic E-state index is 0.0676. The van der Waals surface area contributed by atoms with E-state index in [1.54, 1.807) is 12.1 Å². The van der Waals surface area contributed by atoms with E-state index in [-0.39, 0.29) is 17.5 Å². The van der Waals surface area contributed by atoms with Gasteiger partial charge in [-0.15, -0.1) is 0 Å². The molecule has 2 rings (SSSR count). The lowest BCUT2D eigenvalue weighted by atomic mass is 10.0. The zero-order valence-electron chi connectivity index (χ0n) is 8.73. The van der Waals surface area contributed by atoms with Gasteiger partial charge >= 0.3 is 0 Å². The Kier molecular flexibility index (Phi) is 2.58. The summed E-state index contributed by atoms with van der Waals surface area (Å²) in [6.07, 6.45) is 5.59. The average Bonchev–Trinajstić information content (AvgIpc) is 2.53. The van der Waals surface area contributed by atoms with E-state index in [4.69, 9.17) is 0 Å². The van der Waals surface area contributed by atoms with Crippen LogP contribution in [0.3, 0.4) is 0 Å². The van der Waals surface area contributed by atoms with Crippen molar-refractivity contribution >= 4 is 5.78 Å². The molecule has 1 aliphatic carbocycles. The Labute approximate surface area is 89.2 Å². The first-order chi connectivity index (χ1) is 7.22. The van der Waals surface area contributed by atoms with E-state index < -0.39 is 0 Å². The van der Waals surface area contributed by atoms with Crippen LogP contribution in [-0.4, -0.2) is 10.9 Å². The van der Waals surface area contributed by atoms with Gasteiger partial charge in [0, 0.05) is 11.5 Å². The minimum atomic E-state index is 0.0676. The lowest BCUT2D eigenvalue weighted by Gasteiger charge is -2.01. The molecule has 1 aromatic carbocycles. The molecule has 1 atom stereocenters. The second-order valence-electron chi connectivity index (χ2n) is 3.91. The third kappa shape index (κ3) is 1.80. The van der Waals surface area contributed by atoms with E-state index in [1.807, 2.05) is 25.1 Å². The molecule has 15 heavy (non-hydrogen) atoms. The summed E-state index contributed by atoms with van der Waals surface area (Å²) in [4.78, 5) is 11.9. The molecule has 1 aliphatic rings. The number of hydrogen-bond acceptors (Lipinski definition) is 2. The summed E-state index contributed by atoms with van der Waals surface area (Å²) in [6.45, 7) is 1.96. The highest BCUT2D eigenvalue weighted by Gasteiger charge is 2.29. The lowest BCUT2D eigenvalue weighted by Crippen LogP contribution is -2.07. The van der Waals surface area contributed by atoms with Gasteiger partial charge in [0.2, 0.25) is 0 Å². The Morgan fingerprint density at radius 1 is 1.53 bits per heavy atom. The molecule has 0 amide bonds. The van der Waals surface area contributed by atoms with Crippen LogP contribution in [-0.2, 0) is 6.42 Å². The Morgan fingerprint density at radius 3 is 3.07 bits per heavy atom. The molecule has 0 radical (unpaired) electrons. The van der Waals surface area contributed by atoms with Gasteiger partial charge in [0.15, 0.2) is 5.78 Å². The van der Waals surface area contributed by atoms with Gasteiger partial charge in [0.05, 0.1) is 0 Å². The smallest absolute Gasteiger partial charge is 0.166 e. The number of phenolic OH excluding ortho intramolecular Hbond substituents is 1. The van der Waals surface area contributed by atoms with Crippen LogP contribution in [0.15, 0.2) is 30.4 Å². The van der Waals surface area contributed by atoms with Crippen LogP contribution in [0.2, 0.25) is 0 Å². The van der Waals surface area contributed by atoms with E-state index in [9.17, 15) is 9.90 Å². The van der Waals surface area contributed by atoms with E-state index >= 15 is 0 Å². The summed E-state index contributed by atoms with van der Waals surface area (Å²) in [5, 5.41) is 9.31. The summed E-state index contributed by atoms with van der Waals surface area (Å²) < 4.78 is 0. The number of carbonyl (C=O) groups excluding carboxylic acids is 1. The maximum absolute atomic E-state index is 11.9. The van der Waals surface area contributed by atoms with Gasteiger partial charge in [-0.2, -0.15) is 0 Å². The Bertz CT molecular complexity index is 419. The van der Waals surface area contributed by atoms with Crippen LogP contribution >= 0.6 is 0 Å². The van der Waals surface area contributed by atoms with E-state index in [2.05, 4.69) is 0 Å². The fourth-order valence-electron chi connectivity index (χ4n) is 2.04. The predicted octanol–water partition coefficient (Wildman–Crippen LogP) is 2.71. The average molecular weight is 202 g/mol. The van der Waals surface area contributed by atoms with Crippen molar-refractivity contribution in [3.05, 3.63) is 41.5 Å². The van der Waals surface area contributed by atoms with Crippen molar-refractivity contribution in [2.75, 3.05) is 0 Å². The predicted molar refractivity (Wildman–Crippen MR) is 59.1 cm³/mol. The normalized spacial score (nSPS) is 19.8. The van der Waals surface area contributed by atoms with Crippen molar-refractivity contribution in [3.8, 4) is 5.75 Å². The van der Waals surface area contributed by atoms with Crippen LogP contribution in [0.4, 0.5) is 0 Å². The maximum atomic E-state index is 11.9. The van der Waals surface area contributed by atoms with Crippen LogP contribution in [0, 0.1) is 5.92 Å². The molecule has 0 aromatic heterocycles. The molecule has 0 heterocycles. The number of fused-ring (bicyclic) bond motifs is 1. The summed E-state index contributed by atoms with van der Waals surface area (Å²) >= 11 is 0. The Balaban J connectivity index is 2.25. The number of rotatable bonds is 2. The van der Waals surface area contributed by atoms with Gasteiger partial charge in [0.25, 0.3) is 0 Å². The van der Waals surface area contributed by atoms with Crippen LogP contribution < -0.4 is 0 Å². The van der Waals surface area contributed by atoms with Crippen molar-refractivity contribution in [1.29, 1.82) is 0 Å². The molecule has 0 bridgehead atoms. The van der Waals surface area contributed by atoms with Crippen LogP contribution in [0.1, 0.15) is 29.3 Å². The van der Waals surface area contributed by atoms with Crippen LogP contribution in [0.5, 0.6) is 5.75 Å². The molecule has 0 fully saturated rings. The monoisotopic (exact) mass is 202 g/mol. The molecule has 2 nitrogen and oxygen atoms in total. The quantitative estimate of drug-likeness (QED) is 0.749. The molecule has 0 saturated heterocycles. The lowest BCUT2D eigenvalue weighted by molar-refractivity contribution is 0.0937. The highest BCUT2D eigenvalue weighted by atomic mass is 16.3. The maximum Gasteiger partial charge on any atom is 0.166 e. The SMILES string of the molecule is CC=CC[C@H]1Cc2ccc(O)cc2C1=O. The van der Waals surface area contributed by atoms with Gasteiger partial charge < -0.3 is 5.11 Å². The third-order valence-electron chi connectivity index (χ3n) is 2.85.